The van der Waals surface area contributed by atoms with Gasteiger partial charge in [-0.05, 0) is 86.3 Å². The Labute approximate surface area is 312 Å². The van der Waals surface area contributed by atoms with Gasteiger partial charge in [0.2, 0.25) is 0 Å². The molecule has 8 aromatic carbocycles. The van der Waals surface area contributed by atoms with Gasteiger partial charge in [0.05, 0.1) is 22.9 Å². The summed E-state index contributed by atoms with van der Waals surface area (Å²) in [4.78, 5) is 10.6. The standard InChI is InChI=1S/C51H32N2O/c1-3-13-32(14-4-1)34-16-11-17-35(27-34)36-28-37(40-23-12-24-45-48-39-18-8-7-15-33(39)25-26-47(48)54-51(40)45)30-38(29-36)46-31-52-49-43-22-10-9-20-41(43)42-19-5-2-6-21-44(42)50(49)53-46/h1,3-31H,2H2. The maximum absolute atomic E-state index is 6.74. The van der Waals surface area contributed by atoms with Gasteiger partial charge in [0.15, 0.2) is 0 Å². The van der Waals surface area contributed by atoms with Crippen molar-refractivity contribution in [3.05, 3.63) is 181 Å². The zero-order valence-corrected chi connectivity index (χ0v) is 29.3. The highest BCUT2D eigenvalue weighted by Gasteiger charge is 2.19. The molecule has 1 aliphatic carbocycles. The Kier molecular flexibility index (Phi) is 6.93. The lowest BCUT2D eigenvalue weighted by Gasteiger charge is -2.14. The van der Waals surface area contributed by atoms with Gasteiger partial charge in [0, 0.05) is 32.8 Å². The Hall–Kier alpha value is -7.10. The molecular formula is C51H32N2O. The molecule has 0 amide bonds. The number of hydrogen-bond donors (Lipinski definition) is 0. The fourth-order valence-corrected chi connectivity index (χ4v) is 8.31. The van der Waals surface area contributed by atoms with E-state index in [-0.39, 0.29) is 0 Å². The number of para-hydroxylation sites is 1. The zero-order chi connectivity index (χ0) is 35.6. The molecular weight excluding hydrogens is 657 g/mol. The third kappa shape index (κ3) is 4.90. The van der Waals surface area contributed by atoms with Crippen molar-refractivity contribution in [2.75, 3.05) is 0 Å². The molecule has 0 fully saturated rings. The van der Waals surface area contributed by atoms with E-state index in [1.165, 1.54) is 32.8 Å². The highest BCUT2D eigenvalue weighted by atomic mass is 16.3. The van der Waals surface area contributed by atoms with Gasteiger partial charge in [0.25, 0.3) is 0 Å². The predicted octanol–water partition coefficient (Wildman–Crippen LogP) is 13.9. The highest BCUT2D eigenvalue weighted by Crippen LogP contribution is 2.42. The number of rotatable bonds is 4. The summed E-state index contributed by atoms with van der Waals surface area (Å²) in [6, 6.07) is 53.9. The third-order valence-corrected chi connectivity index (χ3v) is 10.9. The van der Waals surface area contributed by atoms with E-state index in [9.17, 15) is 0 Å². The Morgan fingerprint density at radius 1 is 0.463 bits per heavy atom. The minimum absolute atomic E-state index is 0.826. The molecule has 252 valence electrons. The fraction of sp³-hybridized carbons (Fsp3) is 0.0196. The van der Waals surface area contributed by atoms with Crippen molar-refractivity contribution in [3.63, 3.8) is 0 Å². The molecule has 0 atom stereocenters. The molecule has 54 heavy (non-hydrogen) atoms. The van der Waals surface area contributed by atoms with Gasteiger partial charge in [-0.15, -0.1) is 0 Å². The summed E-state index contributed by atoms with van der Waals surface area (Å²) in [5, 5.41) is 6.96. The number of furan rings is 1. The summed E-state index contributed by atoms with van der Waals surface area (Å²) >= 11 is 0. The Bertz CT molecular complexity index is 3190. The van der Waals surface area contributed by atoms with E-state index >= 15 is 0 Å². The first kappa shape index (κ1) is 30.5. The van der Waals surface area contributed by atoms with E-state index in [1.54, 1.807) is 0 Å². The number of benzene rings is 8. The lowest BCUT2D eigenvalue weighted by molar-refractivity contribution is 0.670. The van der Waals surface area contributed by atoms with Crippen LogP contribution in [0.25, 0.3) is 111 Å². The number of nitrogens with zero attached hydrogens (tertiary/aromatic N) is 2. The van der Waals surface area contributed by atoms with Crippen LogP contribution in [0, 0.1) is 0 Å². The minimum atomic E-state index is 0.826. The molecule has 3 heteroatoms. The Morgan fingerprint density at radius 3 is 2.02 bits per heavy atom. The van der Waals surface area contributed by atoms with Crippen molar-refractivity contribution in [1.29, 1.82) is 0 Å². The highest BCUT2D eigenvalue weighted by molar-refractivity contribution is 6.21. The lowest BCUT2D eigenvalue weighted by atomic mass is 9.92. The van der Waals surface area contributed by atoms with Crippen molar-refractivity contribution in [3.8, 4) is 44.6 Å². The predicted molar refractivity (Wildman–Crippen MR) is 226 cm³/mol. The maximum Gasteiger partial charge on any atom is 0.143 e. The smallest absolute Gasteiger partial charge is 0.143 e. The summed E-state index contributed by atoms with van der Waals surface area (Å²) in [6.45, 7) is 0. The SMILES string of the molecule is C1=Cc2c(c3nc(-c4cc(-c5cccc(-c6ccccc6)c5)cc(-c5cccc6c5oc5ccc7ccccc7c56)c4)cnc3c3ccccc23)C=CC1. The molecule has 0 saturated carbocycles. The van der Waals surface area contributed by atoms with E-state index in [0.717, 1.165) is 83.9 Å². The second-order valence-electron chi connectivity index (χ2n) is 14.1. The van der Waals surface area contributed by atoms with Crippen molar-refractivity contribution in [2.45, 2.75) is 6.42 Å². The Balaban J connectivity index is 1.17. The van der Waals surface area contributed by atoms with Crippen LogP contribution in [0.3, 0.4) is 0 Å². The normalized spacial score (nSPS) is 12.6. The minimum Gasteiger partial charge on any atom is -0.455 e. The average Bonchev–Trinajstić information content (AvgIpc) is 3.45. The molecule has 10 aromatic rings. The largest absolute Gasteiger partial charge is 0.455 e. The average molecular weight is 689 g/mol. The molecule has 0 spiro atoms. The van der Waals surface area contributed by atoms with Crippen LogP contribution < -0.4 is 0 Å². The number of aromatic nitrogens is 2. The number of fused-ring (bicyclic) bond motifs is 11. The summed E-state index contributed by atoms with van der Waals surface area (Å²) in [5.41, 5.74) is 14.4. The fourth-order valence-electron chi connectivity index (χ4n) is 8.31. The summed E-state index contributed by atoms with van der Waals surface area (Å²) in [6.07, 6.45) is 11.7. The molecule has 0 aliphatic heterocycles. The number of hydrogen-bond acceptors (Lipinski definition) is 3. The van der Waals surface area contributed by atoms with Gasteiger partial charge >= 0.3 is 0 Å². The first-order chi connectivity index (χ1) is 26.8. The second-order valence-corrected chi connectivity index (χ2v) is 14.1. The molecule has 0 saturated heterocycles. The van der Waals surface area contributed by atoms with Crippen LogP contribution in [0.5, 0.6) is 0 Å². The molecule has 2 heterocycles. The van der Waals surface area contributed by atoms with E-state index in [0.29, 0.717) is 0 Å². The van der Waals surface area contributed by atoms with Gasteiger partial charge in [-0.25, -0.2) is 4.98 Å². The van der Waals surface area contributed by atoms with Gasteiger partial charge in [0.1, 0.15) is 11.2 Å². The van der Waals surface area contributed by atoms with E-state index in [1.807, 2.05) is 6.20 Å². The lowest BCUT2D eigenvalue weighted by Crippen LogP contribution is -1.96. The Morgan fingerprint density at radius 2 is 1.13 bits per heavy atom. The van der Waals surface area contributed by atoms with Crippen LogP contribution >= 0.6 is 0 Å². The molecule has 11 rings (SSSR count). The van der Waals surface area contributed by atoms with Crippen LogP contribution in [0.4, 0.5) is 0 Å². The molecule has 2 aromatic heterocycles. The van der Waals surface area contributed by atoms with Gasteiger partial charge in [-0.2, -0.15) is 0 Å². The van der Waals surface area contributed by atoms with Crippen LogP contribution in [0.2, 0.25) is 0 Å². The van der Waals surface area contributed by atoms with Crippen molar-refractivity contribution in [1.82, 2.24) is 9.97 Å². The molecule has 0 unspecified atom stereocenters. The van der Waals surface area contributed by atoms with Gasteiger partial charge in [-0.1, -0.05) is 146 Å². The quantitative estimate of drug-likeness (QED) is 0.173. The van der Waals surface area contributed by atoms with Crippen molar-refractivity contribution < 1.29 is 4.42 Å². The number of allylic oxidation sites excluding steroid dienone is 2. The zero-order valence-electron chi connectivity index (χ0n) is 29.3. The molecule has 0 N–H and O–H groups in total. The molecule has 0 bridgehead atoms. The molecule has 3 nitrogen and oxygen atoms in total. The van der Waals surface area contributed by atoms with Crippen LogP contribution in [-0.2, 0) is 0 Å². The summed E-state index contributed by atoms with van der Waals surface area (Å²) < 4.78 is 6.74. The second kappa shape index (κ2) is 12.3. The molecule has 1 aliphatic rings. The van der Waals surface area contributed by atoms with Crippen LogP contribution in [0.15, 0.2) is 174 Å². The van der Waals surface area contributed by atoms with Gasteiger partial charge in [-0.3, -0.25) is 4.98 Å². The van der Waals surface area contributed by atoms with Crippen molar-refractivity contribution >= 4 is 66.7 Å². The van der Waals surface area contributed by atoms with Crippen LogP contribution in [0.1, 0.15) is 17.5 Å². The van der Waals surface area contributed by atoms with Crippen molar-refractivity contribution in [2.24, 2.45) is 0 Å². The van der Waals surface area contributed by atoms with Gasteiger partial charge < -0.3 is 4.42 Å². The first-order valence-electron chi connectivity index (χ1n) is 18.5. The van der Waals surface area contributed by atoms with E-state index in [2.05, 4.69) is 176 Å². The van der Waals surface area contributed by atoms with E-state index in [4.69, 9.17) is 14.4 Å². The summed E-state index contributed by atoms with van der Waals surface area (Å²) in [7, 11) is 0. The third-order valence-electron chi connectivity index (χ3n) is 10.9. The summed E-state index contributed by atoms with van der Waals surface area (Å²) in [5.74, 6) is 0. The monoisotopic (exact) mass is 688 g/mol. The molecule has 0 radical (unpaired) electrons. The van der Waals surface area contributed by atoms with Crippen LogP contribution in [-0.4, -0.2) is 9.97 Å². The maximum atomic E-state index is 6.74. The topological polar surface area (TPSA) is 38.9 Å². The first-order valence-corrected chi connectivity index (χ1v) is 18.5. The van der Waals surface area contributed by atoms with E-state index < -0.39 is 0 Å².